The summed E-state index contributed by atoms with van der Waals surface area (Å²) in [6, 6.07) is 0. The van der Waals surface area contributed by atoms with Crippen molar-refractivity contribution >= 4 is 7.12 Å². The summed E-state index contributed by atoms with van der Waals surface area (Å²) >= 11 is 0. The van der Waals surface area contributed by atoms with Crippen LogP contribution >= 0.6 is 0 Å². The lowest BCUT2D eigenvalue weighted by Crippen LogP contribution is -2.43. The molecule has 0 amide bonds. The average molecular weight is 295 g/mol. The summed E-state index contributed by atoms with van der Waals surface area (Å²) in [7, 11) is 1.31. The second kappa shape index (κ2) is 5.07. The van der Waals surface area contributed by atoms with Crippen LogP contribution in [0.1, 0.15) is 47.0 Å². The Hall–Kier alpha value is -0.385. The van der Waals surface area contributed by atoms with Crippen LogP contribution in [-0.2, 0) is 9.31 Å². The van der Waals surface area contributed by atoms with E-state index >= 15 is 4.39 Å². The summed E-state index contributed by atoms with van der Waals surface area (Å²) in [4.78, 5) is 2.33. The standard InChI is InChI=1S/C16H27BFNO2/c1-15(2)16(3,4)21-17(20-15)14(18)13-11-7-6-8-12(13)10-19(5)9-11/h11-12H,6-10H2,1-5H3. The van der Waals surface area contributed by atoms with Crippen LogP contribution in [0.4, 0.5) is 4.39 Å². The van der Waals surface area contributed by atoms with Crippen molar-refractivity contribution in [1.82, 2.24) is 4.90 Å². The highest BCUT2D eigenvalue weighted by atomic mass is 19.1. The Morgan fingerprint density at radius 1 is 1.10 bits per heavy atom. The first-order chi connectivity index (χ1) is 9.71. The Labute approximate surface area is 128 Å². The van der Waals surface area contributed by atoms with Gasteiger partial charge in [0.15, 0.2) is 0 Å². The van der Waals surface area contributed by atoms with Crippen molar-refractivity contribution in [3.05, 3.63) is 11.3 Å². The lowest BCUT2D eigenvalue weighted by atomic mass is 9.68. The zero-order chi connectivity index (χ0) is 15.4. The van der Waals surface area contributed by atoms with E-state index in [9.17, 15) is 0 Å². The topological polar surface area (TPSA) is 21.7 Å². The number of halogens is 1. The maximum Gasteiger partial charge on any atom is 0.525 e. The molecule has 2 saturated heterocycles. The van der Waals surface area contributed by atoms with Gasteiger partial charge < -0.3 is 14.2 Å². The predicted molar refractivity (Wildman–Crippen MR) is 82.5 cm³/mol. The van der Waals surface area contributed by atoms with Gasteiger partial charge in [0.05, 0.1) is 11.2 Å². The number of likely N-dealkylation sites (tertiary alicyclic amines) is 1. The average Bonchev–Trinajstić information content (AvgIpc) is 2.56. The van der Waals surface area contributed by atoms with E-state index in [1.165, 1.54) is 6.42 Å². The van der Waals surface area contributed by atoms with Crippen LogP contribution in [0.25, 0.3) is 0 Å². The largest absolute Gasteiger partial charge is 0.525 e. The maximum absolute atomic E-state index is 15.1. The van der Waals surface area contributed by atoms with Gasteiger partial charge in [0, 0.05) is 13.1 Å². The van der Waals surface area contributed by atoms with E-state index < -0.39 is 18.3 Å². The summed E-state index contributed by atoms with van der Waals surface area (Å²) in [5.41, 5.74) is -0.110. The van der Waals surface area contributed by atoms with Crippen molar-refractivity contribution < 1.29 is 13.7 Å². The van der Waals surface area contributed by atoms with E-state index in [4.69, 9.17) is 9.31 Å². The minimum Gasteiger partial charge on any atom is -0.398 e. The molecule has 2 aliphatic heterocycles. The third-order valence-electron chi connectivity index (χ3n) is 5.78. The Bertz CT molecular complexity index is 431. The Morgan fingerprint density at radius 3 is 2.05 bits per heavy atom. The Balaban J connectivity index is 1.89. The molecule has 0 radical (unpaired) electrons. The highest BCUT2D eigenvalue weighted by molar-refractivity contribution is 6.53. The van der Waals surface area contributed by atoms with Gasteiger partial charge in [0.1, 0.15) is 5.73 Å². The van der Waals surface area contributed by atoms with Gasteiger partial charge in [-0.1, -0.05) is 6.42 Å². The molecule has 0 spiro atoms. The number of rotatable bonds is 1. The smallest absolute Gasteiger partial charge is 0.398 e. The molecular formula is C16H27BFNO2. The van der Waals surface area contributed by atoms with Crippen molar-refractivity contribution in [2.75, 3.05) is 20.1 Å². The molecule has 118 valence electrons. The van der Waals surface area contributed by atoms with Crippen molar-refractivity contribution in [2.45, 2.75) is 58.2 Å². The molecule has 2 unspecified atom stereocenters. The normalized spacial score (nSPS) is 35.1. The van der Waals surface area contributed by atoms with Crippen molar-refractivity contribution in [1.29, 1.82) is 0 Å². The third-order valence-corrected chi connectivity index (χ3v) is 5.78. The van der Waals surface area contributed by atoms with E-state index in [0.717, 1.165) is 31.5 Å². The van der Waals surface area contributed by atoms with Gasteiger partial charge >= 0.3 is 7.12 Å². The molecule has 1 aliphatic carbocycles. The molecule has 21 heavy (non-hydrogen) atoms. The lowest BCUT2D eigenvalue weighted by Gasteiger charge is -2.42. The molecular weight excluding hydrogens is 268 g/mol. The molecule has 1 saturated carbocycles. The highest BCUT2D eigenvalue weighted by Gasteiger charge is 2.54. The van der Waals surface area contributed by atoms with E-state index in [0.29, 0.717) is 11.8 Å². The summed E-state index contributed by atoms with van der Waals surface area (Å²) in [5, 5.41) is 0. The van der Waals surface area contributed by atoms with Crippen LogP contribution in [0.2, 0.25) is 0 Å². The quantitative estimate of drug-likeness (QED) is 0.693. The van der Waals surface area contributed by atoms with Crippen LogP contribution in [-0.4, -0.2) is 43.4 Å². The van der Waals surface area contributed by atoms with Crippen molar-refractivity contribution in [2.24, 2.45) is 11.8 Å². The number of hydrogen-bond donors (Lipinski definition) is 0. The fourth-order valence-corrected chi connectivity index (χ4v) is 3.93. The predicted octanol–water partition coefficient (Wildman–Crippen LogP) is 3.20. The molecule has 2 heterocycles. The molecule has 3 fully saturated rings. The molecule has 2 atom stereocenters. The molecule has 0 N–H and O–H groups in total. The third kappa shape index (κ3) is 2.58. The number of hydrogen-bond acceptors (Lipinski definition) is 3. The SMILES string of the molecule is CN1CC2CCCC(C1)C2=C(F)B1OC(C)(C)C(C)(C)O1. The lowest BCUT2D eigenvalue weighted by molar-refractivity contribution is 0.00578. The van der Waals surface area contributed by atoms with Crippen molar-refractivity contribution in [3.8, 4) is 0 Å². The molecule has 2 bridgehead atoms. The molecule has 5 heteroatoms. The highest BCUT2D eigenvalue weighted by Crippen LogP contribution is 2.45. The van der Waals surface area contributed by atoms with Crippen molar-refractivity contribution in [3.63, 3.8) is 0 Å². The monoisotopic (exact) mass is 295 g/mol. The van der Waals surface area contributed by atoms with E-state index in [1.54, 1.807) is 0 Å². The number of fused-ring (bicyclic) bond motifs is 2. The first-order valence-corrected chi connectivity index (χ1v) is 8.15. The zero-order valence-corrected chi connectivity index (χ0v) is 13.9. The van der Waals surface area contributed by atoms with E-state index in [-0.39, 0.29) is 5.73 Å². The minimum absolute atomic E-state index is 0.142. The molecule has 3 rings (SSSR count). The van der Waals surface area contributed by atoms with Gasteiger partial charge in [-0.3, -0.25) is 0 Å². The van der Waals surface area contributed by atoms with Crippen LogP contribution in [0.5, 0.6) is 0 Å². The second-order valence-electron chi connectivity index (χ2n) is 7.94. The summed E-state index contributed by atoms with van der Waals surface area (Å²) in [6.07, 6.45) is 3.38. The van der Waals surface area contributed by atoms with Gasteiger partial charge in [-0.05, 0) is 65.0 Å². The first kappa shape index (κ1) is 15.5. The van der Waals surface area contributed by atoms with Gasteiger partial charge in [-0.2, -0.15) is 0 Å². The van der Waals surface area contributed by atoms with Crippen LogP contribution in [0.3, 0.4) is 0 Å². The van der Waals surface area contributed by atoms with Crippen LogP contribution in [0.15, 0.2) is 11.3 Å². The fraction of sp³-hybridized carbons (Fsp3) is 0.875. The van der Waals surface area contributed by atoms with E-state index in [1.807, 2.05) is 27.7 Å². The summed E-state index contributed by atoms with van der Waals surface area (Å²) in [5.74, 6) is 0.669. The summed E-state index contributed by atoms with van der Waals surface area (Å²) in [6.45, 7) is 9.80. The van der Waals surface area contributed by atoms with Gasteiger partial charge in [0.25, 0.3) is 0 Å². The second-order valence-corrected chi connectivity index (χ2v) is 7.94. The van der Waals surface area contributed by atoms with Crippen LogP contribution < -0.4 is 0 Å². The fourth-order valence-electron chi connectivity index (χ4n) is 3.93. The van der Waals surface area contributed by atoms with Gasteiger partial charge in [-0.25, -0.2) is 4.39 Å². The Kier molecular flexibility index (Phi) is 3.74. The first-order valence-electron chi connectivity index (χ1n) is 8.15. The van der Waals surface area contributed by atoms with E-state index in [2.05, 4.69) is 11.9 Å². The maximum atomic E-state index is 15.1. The number of piperidine rings is 1. The van der Waals surface area contributed by atoms with Gasteiger partial charge in [0.2, 0.25) is 0 Å². The van der Waals surface area contributed by atoms with Crippen LogP contribution in [0, 0.1) is 11.8 Å². The molecule has 0 aromatic carbocycles. The van der Waals surface area contributed by atoms with Gasteiger partial charge in [-0.15, -0.1) is 0 Å². The molecule has 0 aromatic rings. The zero-order valence-electron chi connectivity index (χ0n) is 13.9. The summed E-state index contributed by atoms with van der Waals surface area (Å²) < 4.78 is 26.9. The molecule has 0 aromatic heterocycles. The molecule has 3 aliphatic rings. The molecule has 3 nitrogen and oxygen atoms in total. The number of nitrogens with zero attached hydrogens (tertiary/aromatic N) is 1. The minimum atomic E-state index is -0.823. The Morgan fingerprint density at radius 2 is 1.57 bits per heavy atom.